The topological polar surface area (TPSA) is 81.2 Å². The molecule has 0 amide bonds. The number of ether oxygens (including phenoxy) is 4. The molecule has 3 fully saturated rings. The van der Waals surface area contributed by atoms with E-state index in [1.165, 1.54) is 6.33 Å². The van der Waals surface area contributed by atoms with E-state index in [9.17, 15) is 0 Å². The summed E-state index contributed by atoms with van der Waals surface area (Å²) >= 11 is 13.5. The lowest BCUT2D eigenvalue weighted by molar-refractivity contribution is 0.0298. The molecule has 3 atom stereocenters. The lowest BCUT2D eigenvalue weighted by atomic mass is 10.1. The molecule has 9 nitrogen and oxygen atoms in total. The van der Waals surface area contributed by atoms with Crippen LogP contribution in [-0.4, -0.2) is 86.7 Å². The molecule has 37 heavy (non-hydrogen) atoms. The van der Waals surface area contributed by atoms with Gasteiger partial charge in [-0.2, -0.15) is 0 Å². The van der Waals surface area contributed by atoms with Crippen LogP contribution in [0.5, 0.6) is 11.5 Å². The Bertz CT molecular complexity index is 1300. The van der Waals surface area contributed by atoms with Gasteiger partial charge in [0, 0.05) is 44.2 Å². The second-order valence-electron chi connectivity index (χ2n) is 9.57. The van der Waals surface area contributed by atoms with Gasteiger partial charge in [0.25, 0.3) is 0 Å². The first-order chi connectivity index (χ1) is 18.0. The number of piperazine rings is 1. The normalized spacial score (nSPS) is 23.9. The zero-order chi connectivity index (χ0) is 25.5. The quantitative estimate of drug-likeness (QED) is 0.485. The second kappa shape index (κ2) is 10.3. The molecule has 3 saturated heterocycles. The zero-order valence-corrected chi connectivity index (χ0v) is 22.3. The van der Waals surface area contributed by atoms with Crippen LogP contribution in [0.25, 0.3) is 10.9 Å². The molecule has 0 spiro atoms. The third-order valence-electron chi connectivity index (χ3n) is 7.28. The Balaban J connectivity index is 1.27. The van der Waals surface area contributed by atoms with Crippen LogP contribution in [0.2, 0.25) is 10.0 Å². The molecule has 6 rings (SSSR count). The molecule has 11 heteroatoms. The number of nitrogens with zero attached hydrogens (tertiary/aromatic N) is 4. The zero-order valence-electron chi connectivity index (χ0n) is 20.7. The largest absolute Gasteiger partial charge is 0.493 e. The van der Waals surface area contributed by atoms with Gasteiger partial charge >= 0.3 is 0 Å². The van der Waals surface area contributed by atoms with E-state index in [0.717, 1.165) is 43.7 Å². The number of nitrogens with one attached hydrogen (secondary N) is 1. The molecule has 0 aliphatic carbocycles. The third kappa shape index (κ3) is 4.75. The van der Waals surface area contributed by atoms with Crippen LogP contribution in [0, 0.1) is 0 Å². The van der Waals surface area contributed by atoms with Crippen molar-refractivity contribution < 1.29 is 18.9 Å². The van der Waals surface area contributed by atoms with E-state index in [2.05, 4.69) is 32.1 Å². The fourth-order valence-corrected chi connectivity index (χ4v) is 5.66. The first-order valence-corrected chi connectivity index (χ1v) is 13.2. The number of halogens is 2. The SMILES string of the molecule is COc1cc2c(Nc3ccc(N4CCN(C)CC4)c(Cl)c3Cl)ncnc2cc1O[C@@H]1COC2CCOC21. The van der Waals surface area contributed by atoms with E-state index < -0.39 is 0 Å². The monoisotopic (exact) mass is 545 g/mol. The molecular formula is C26H29Cl2N5O4. The molecule has 3 aliphatic rings. The number of rotatable bonds is 6. The van der Waals surface area contributed by atoms with E-state index in [0.29, 0.717) is 51.8 Å². The predicted octanol–water partition coefficient (Wildman–Crippen LogP) is 4.38. The summed E-state index contributed by atoms with van der Waals surface area (Å²) in [5, 5.41) is 5.07. The summed E-state index contributed by atoms with van der Waals surface area (Å²) in [6.07, 6.45) is 2.23. The summed E-state index contributed by atoms with van der Waals surface area (Å²) in [5.74, 6) is 1.74. The molecule has 1 aromatic heterocycles. The highest BCUT2D eigenvalue weighted by Crippen LogP contribution is 2.41. The summed E-state index contributed by atoms with van der Waals surface area (Å²) < 4.78 is 23.6. The molecule has 1 N–H and O–H groups in total. The Labute approximate surface area is 225 Å². The highest BCUT2D eigenvalue weighted by atomic mass is 35.5. The van der Waals surface area contributed by atoms with Crippen molar-refractivity contribution in [3.05, 3.63) is 40.6 Å². The van der Waals surface area contributed by atoms with E-state index >= 15 is 0 Å². The lowest BCUT2D eigenvalue weighted by Gasteiger charge is -2.34. The number of fused-ring (bicyclic) bond motifs is 2. The Hall–Kier alpha value is -2.56. The van der Waals surface area contributed by atoms with Crippen molar-refractivity contribution in [2.45, 2.75) is 24.7 Å². The molecule has 3 aliphatic heterocycles. The van der Waals surface area contributed by atoms with Crippen LogP contribution < -0.4 is 19.7 Å². The molecule has 4 heterocycles. The van der Waals surface area contributed by atoms with Crippen molar-refractivity contribution in [1.82, 2.24) is 14.9 Å². The predicted molar refractivity (Wildman–Crippen MR) is 144 cm³/mol. The first kappa shape index (κ1) is 24.8. The van der Waals surface area contributed by atoms with Gasteiger partial charge in [0.15, 0.2) is 17.6 Å². The van der Waals surface area contributed by atoms with Crippen molar-refractivity contribution in [2.75, 3.05) is 63.8 Å². The third-order valence-corrected chi connectivity index (χ3v) is 8.15. The Morgan fingerprint density at radius 1 is 1.03 bits per heavy atom. The van der Waals surface area contributed by atoms with Crippen LogP contribution in [-0.2, 0) is 9.47 Å². The standard InChI is InChI=1S/C26H29Cl2N5O4/c1-32-6-8-33(9-7-32)18-4-3-16(23(27)24(18)28)31-26-15-11-20(34-2)21(12-17(15)29-14-30-26)37-22-13-36-19-5-10-35-25(19)22/h3-4,11-12,14,19,22,25H,5-10,13H2,1-2H3,(H,29,30,31)/t19?,22-,25?/m1/s1. The number of hydrogen-bond acceptors (Lipinski definition) is 9. The van der Waals surface area contributed by atoms with Gasteiger partial charge in [0.2, 0.25) is 0 Å². The Morgan fingerprint density at radius 3 is 2.68 bits per heavy atom. The molecule has 2 aromatic carbocycles. The number of benzene rings is 2. The van der Waals surface area contributed by atoms with Gasteiger partial charge in [-0.25, -0.2) is 9.97 Å². The van der Waals surface area contributed by atoms with Gasteiger partial charge in [-0.3, -0.25) is 0 Å². The maximum absolute atomic E-state index is 6.73. The Morgan fingerprint density at radius 2 is 1.86 bits per heavy atom. The summed E-state index contributed by atoms with van der Waals surface area (Å²) in [7, 11) is 3.73. The minimum absolute atomic E-state index is 0.0660. The number of aromatic nitrogens is 2. The smallest absolute Gasteiger partial charge is 0.164 e. The lowest BCUT2D eigenvalue weighted by Crippen LogP contribution is -2.44. The highest BCUT2D eigenvalue weighted by Gasteiger charge is 2.43. The minimum Gasteiger partial charge on any atom is -0.493 e. The van der Waals surface area contributed by atoms with Gasteiger partial charge in [-0.15, -0.1) is 0 Å². The van der Waals surface area contributed by atoms with Crippen molar-refractivity contribution in [2.24, 2.45) is 0 Å². The van der Waals surface area contributed by atoms with E-state index in [-0.39, 0.29) is 18.3 Å². The highest BCUT2D eigenvalue weighted by molar-refractivity contribution is 6.45. The second-order valence-corrected chi connectivity index (χ2v) is 10.3. The molecule has 0 radical (unpaired) electrons. The number of anilines is 3. The fourth-order valence-electron chi connectivity index (χ4n) is 5.16. The van der Waals surface area contributed by atoms with Gasteiger partial charge in [0.05, 0.1) is 46.8 Å². The molecule has 0 bridgehead atoms. The average Bonchev–Trinajstić information content (AvgIpc) is 3.53. The van der Waals surface area contributed by atoms with E-state index in [4.69, 9.17) is 42.1 Å². The number of likely N-dealkylation sites (N-methyl/N-ethyl adjacent to an activating group) is 1. The summed E-state index contributed by atoms with van der Waals surface area (Å²) in [4.78, 5) is 13.5. The maximum Gasteiger partial charge on any atom is 0.164 e. The summed E-state index contributed by atoms with van der Waals surface area (Å²) in [5.41, 5.74) is 2.30. The van der Waals surface area contributed by atoms with Gasteiger partial charge in [-0.05, 0) is 31.7 Å². The van der Waals surface area contributed by atoms with Crippen LogP contribution in [0.15, 0.2) is 30.6 Å². The van der Waals surface area contributed by atoms with Crippen LogP contribution >= 0.6 is 23.2 Å². The molecule has 0 saturated carbocycles. The molecule has 3 aromatic rings. The first-order valence-electron chi connectivity index (χ1n) is 12.4. The van der Waals surface area contributed by atoms with Crippen molar-refractivity contribution in [3.8, 4) is 11.5 Å². The van der Waals surface area contributed by atoms with Crippen molar-refractivity contribution in [1.29, 1.82) is 0 Å². The number of methoxy groups -OCH3 is 1. The van der Waals surface area contributed by atoms with E-state index in [1.54, 1.807) is 7.11 Å². The molecule has 2 unspecified atom stereocenters. The maximum atomic E-state index is 6.73. The average molecular weight is 546 g/mol. The number of hydrogen-bond donors (Lipinski definition) is 1. The van der Waals surface area contributed by atoms with Crippen LogP contribution in [0.1, 0.15) is 6.42 Å². The van der Waals surface area contributed by atoms with Crippen molar-refractivity contribution in [3.63, 3.8) is 0 Å². The van der Waals surface area contributed by atoms with Gasteiger partial charge < -0.3 is 34.1 Å². The minimum atomic E-state index is -0.196. The molecule has 196 valence electrons. The van der Waals surface area contributed by atoms with Crippen molar-refractivity contribution >= 4 is 51.3 Å². The fraction of sp³-hybridized carbons (Fsp3) is 0.462. The van der Waals surface area contributed by atoms with Gasteiger partial charge in [-0.1, -0.05) is 23.2 Å². The van der Waals surface area contributed by atoms with E-state index in [1.807, 2.05) is 24.3 Å². The van der Waals surface area contributed by atoms with Gasteiger partial charge in [0.1, 0.15) is 18.2 Å². The van der Waals surface area contributed by atoms with Crippen LogP contribution in [0.3, 0.4) is 0 Å². The molecular weight excluding hydrogens is 517 g/mol. The summed E-state index contributed by atoms with van der Waals surface area (Å²) in [6.45, 7) is 4.94. The summed E-state index contributed by atoms with van der Waals surface area (Å²) in [6, 6.07) is 7.65. The van der Waals surface area contributed by atoms with Crippen LogP contribution in [0.4, 0.5) is 17.2 Å². The Kier molecular flexibility index (Phi) is 6.89.